The summed E-state index contributed by atoms with van der Waals surface area (Å²) in [6, 6.07) is 0.931. The molecular formula is C12H24N3O+. The number of ether oxygens (including phenoxy) is 1. The number of hydrogen-bond acceptors (Lipinski definition) is 3. The average Bonchev–Trinajstić information content (AvgIpc) is 2.28. The van der Waals surface area contributed by atoms with Gasteiger partial charge in [-0.05, 0) is 32.4 Å². The summed E-state index contributed by atoms with van der Waals surface area (Å²) in [5.74, 6) is 0. The van der Waals surface area contributed by atoms with Gasteiger partial charge in [0.05, 0.1) is 0 Å². The van der Waals surface area contributed by atoms with Gasteiger partial charge in [-0.3, -0.25) is 4.90 Å². The largest absolute Gasteiger partial charge is 0.432 e. The van der Waals surface area contributed by atoms with Crippen molar-refractivity contribution in [3.05, 3.63) is 0 Å². The van der Waals surface area contributed by atoms with E-state index >= 15 is 0 Å². The molecule has 3 heterocycles. The first kappa shape index (κ1) is 11.0. The monoisotopic (exact) mass is 226 g/mol. The highest BCUT2D eigenvalue weighted by Gasteiger charge is 2.48. The van der Waals surface area contributed by atoms with Crippen LogP contribution in [0, 0.1) is 5.41 Å². The van der Waals surface area contributed by atoms with Crippen LogP contribution in [0.5, 0.6) is 0 Å². The summed E-state index contributed by atoms with van der Waals surface area (Å²) in [4.78, 5) is 2.66. The van der Waals surface area contributed by atoms with Crippen molar-refractivity contribution in [2.45, 2.75) is 31.3 Å². The molecule has 0 bridgehead atoms. The van der Waals surface area contributed by atoms with Gasteiger partial charge in [0.2, 0.25) is 0 Å². The summed E-state index contributed by atoms with van der Waals surface area (Å²) < 4.78 is 4.42. The average molecular weight is 226 g/mol. The van der Waals surface area contributed by atoms with Crippen molar-refractivity contribution < 1.29 is 4.74 Å². The lowest BCUT2D eigenvalue weighted by Gasteiger charge is -2.48. The zero-order chi connectivity index (χ0) is 11.0. The van der Waals surface area contributed by atoms with Crippen molar-refractivity contribution >= 4 is 0 Å². The number of rotatable bonds is 1. The van der Waals surface area contributed by atoms with Crippen LogP contribution in [-0.2, 0) is 0 Å². The highest BCUT2D eigenvalue weighted by atomic mass is 16.5. The van der Waals surface area contributed by atoms with Crippen LogP contribution in [0.4, 0.5) is 0 Å². The van der Waals surface area contributed by atoms with E-state index in [1.807, 2.05) is 0 Å². The van der Waals surface area contributed by atoms with E-state index in [1.165, 1.54) is 32.4 Å². The Kier molecular flexibility index (Phi) is 2.92. The van der Waals surface area contributed by atoms with E-state index in [2.05, 4.69) is 15.0 Å². The molecule has 0 aliphatic carbocycles. The van der Waals surface area contributed by atoms with E-state index in [1.54, 1.807) is 0 Å². The lowest BCUT2D eigenvalue weighted by Crippen LogP contribution is -2.63. The van der Waals surface area contributed by atoms with Gasteiger partial charge in [-0.1, -0.05) is 0 Å². The minimum Gasteiger partial charge on any atom is -0.432 e. The summed E-state index contributed by atoms with van der Waals surface area (Å²) in [5.41, 5.74) is 6.77. The highest BCUT2D eigenvalue weighted by Crippen LogP contribution is 2.36. The standard InChI is InChI=1S/C12H23N3O/c13-10-6-14-4-2-11(10)15-5-1-3-12(7-15)8-16-9-12/h10-11,14H,1-9,13H2/p+1. The highest BCUT2D eigenvalue weighted by molar-refractivity contribution is 4.96. The van der Waals surface area contributed by atoms with Crippen molar-refractivity contribution in [2.24, 2.45) is 11.1 Å². The second kappa shape index (κ2) is 4.26. The van der Waals surface area contributed by atoms with Crippen LogP contribution in [0.3, 0.4) is 0 Å². The fraction of sp³-hybridized carbons (Fsp3) is 1.00. The van der Waals surface area contributed by atoms with Gasteiger partial charge in [-0.2, -0.15) is 0 Å². The Labute approximate surface area is 97.5 Å². The van der Waals surface area contributed by atoms with E-state index in [0.717, 1.165) is 26.3 Å². The number of piperidine rings is 2. The molecule has 3 aliphatic rings. The van der Waals surface area contributed by atoms with E-state index < -0.39 is 0 Å². The molecule has 4 N–H and O–H groups in total. The van der Waals surface area contributed by atoms with Crippen molar-refractivity contribution in [1.82, 2.24) is 10.2 Å². The van der Waals surface area contributed by atoms with E-state index in [-0.39, 0.29) is 0 Å². The first-order valence-corrected chi connectivity index (χ1v) is 6.63. The molecule has 4 nitrogen and oxygen atoms in total. The van der Waals surface area contributed by atoms with E-state index in [0.29, 0.717) is 17.5 Å². The van der Waals surface area contributed by atoms with E-state index in [9.17, 15) is 0 Å². The minimum atomic E-state index is 0.320. The smallest absolute Gasteiger partial charge is 0.159 e. The molecule has 0 aromatic rings. The fourth-order valence-corrected chi connectivity index (χ4v) is 3.54. The zero-order valence-corrected chi connectivity index (χ0v) is 9.99. The van der Waals surface area contributed by atoms with E-state index in [4.69, 9.17) is 5.73 Å². The van der Waals surface area contributed by atoms with Gasteiger partial charge in [0, 0.05) is 25.2 Å². The molecule has 1 spiro atoms. The Hall–Kier alpha value is -0.160. The molecule has 16 heavy (non-hydrogen) atoms. The molecular weight excluding hydrogens is 202 g/mol. The summed E-state index contributed by atoms with van der Waals surface area (Å²) >= 11 is 0. The maximum atomic E-state index is 6.23. The molecule has 3 saturated heterocycles. The molecule has 0 radical (unpaired) electrons. The van der Waals surface area contributed by atoms with Crippen LogP contribution in [0.1, 0.15) is 19.3 Å². The van der Waals surface area contributed by atoms with Gasteiger partial charge in [-0.15, -0.1) is 0 Å². The summed E-state index contributed by atoms with van der Waals surface area (Å²) in [6.45, 7) is 6.81. The molecule has 2 atom stereocenters. The first-order chi connectivity index (χ1) is 7.79. The number of likely N-dealkylation sites (tertiary alicyclic amines) is 1. The predicted octanol–water partition coefficient (Wildman–Crippen LogP) is -0.701. The molecule has 92 valence electrons. The summed E-state index contributed by atoms with van der Waals surface area (Å²) in [5, 5.41) is 3.38. The Morgan fingerprint density at radius 2 is 2.25 bits per heavy atom. The third-order valence-electron chi connectivity index (χ3n) is 4.55. The normalized spacial score (nSPS) is 39.6. The zero-order valence-electron chi connectivity index (χ0n) is 9.99. The number of nitrogens with one attached hydrogen (secondary N) is 1. The Balaban J connectivity index is 1.64. The third kappa shape index (κ3) is 1.88. The number of hydrogen-bond donors (Lipinski definition) is 2. The molecule has 0 aromatic heterocycles. The second-order valence-electron chi connectivity index (χ2n) is 5.84. The molecule has 3 fully saturated rings. The molecule has 0 aromatic carbocycles. The van der Waals surface area contributed by atoms with Crippen molar-refractivity contribution in [2.75, 3.05) is 39.4 Å². The van der Waals surface area contributed by atoms with Gasteiger partial charge in [0.25, 0.3) is 0 Å². The van der Waals surface area contributed by atoms with Crippen LogP contribution >= 0.6 is 0 Å². The molecule has 4 heteroatoms. The maximum Gasteiger partial charge on any atom is 0.159 e. The van der Waals surface area contributed by atoms with Gasteiger partial charge < -0.3 is 15.8 Å². The van der Waals surface area contributed by atoms with Crippen LogP contribution in [0.25, 0.3) is 0 Å². The summed E-state index contributed by atoms with van der Waals surface area (Å²) in [6.07, 6.45) is 3.94. The van der Waals surface area contributed by atoms with Crippen LogP contribution < -0.4 is 11.1 Å². The number of nitrogens with two attached hydrogens (primary N) is 1. The third-order valence-corrected chi connectivity index (χ3v) is 4.55. The molecule has 0 saturated carbocycles. The minimum absolute atomic E-state index is 0.320. The quantitative estimate of drug-likeness (QED) is 0.581. The maximum absolute atomic E-state index is 6.23. The van der Waals surface area contributed by atoms with Gasteiger partial charge in [0.1, 0.15) is 5.41 Å². The van der Waals surface area contributed by atoms with Crippen molar-refractivity contribution in [3.63, 3.8) is 0 Å². The predicted molar refractivity (Wildman–Crippen MR) is 64.4 cm³/mol. The van der Waals surface area contributed by atoms with Gasteiger partial charge in [-0.25, -0.2) is 0 Å². The molecule has 2 unspecified atom stereocenters. The number of nitrogens with zero attached hydrogens (tertiary/aromatic N) is 1. The van der Waals surface area contributed by atoms with Crippen LogP contribution in [0.2, 0.25) is 0 Å². The fourth-order valence-electron chi connectivity index (χ4n) is 3.54. The Morgan fingerprint density at radius 3 is 2.94 bits per heavy atom. The lowest BCUT2D eigenvalue weighted by molar-refractivity contribution is -0.250. The Morgan fingerprint density at radius 1 is 1.38 bits per heavy atom. The molecule has 3 aliphatic heterocycles. The molecule has 3 rings (SSSR count). The second-order valence-corrected chi connectivity index (χ2v) is 5.84. The van der Waals surface area contributed by atoms with Gasteiger partial charge >= 0.3 is 0 Å². The van der Waals surface area contributed by atoms with Crippen LogP contribution in [0.15, 0.2) is 0 Å². The Bertz CT molecular complexity index is 255. The lowest BCUT2D eigenvalue weighted by atomic mass is 9.77. The van der Waals surface area contributed by atoms with Crippen molar-refractivity contribution in [1.29, 1.82) is 0 Å². The van der Waals surface area contributed by atoms with Crippen molar-refractivity contribution in [3.8, 4) is 0 Å². The SMILES string of the molecule is NC1CNCCC1N1CCCC2(C[OH+]C2)C1. The van der Waals surface area contributed by atoms with Crippen LogP contribution in [-0.4, -0.2) is 61.1 Å². The number of aliphatic hydroxyl groups is 2. The molecule has 0 amide bonds. The topological polar surface area (TPSA) is 54.1 Å². The van der Waals surface area contributed by atoms with Gasteiger partial charge in [0.15, 0.2) is 13.2 Å². The summed E-state index contributed by atoms with van der Waals surface area (Å²) in [7, 11) is 0. The first-order valence-electron chi connectivity index (χ1n) is 6.63.